The molecule has 0 radical (unpaired) electrons. The number of aryl methyl sites for hydroxylation is 4. The second-order valence-corrected chi connectivity index (χ2v) is 6.27. The lowest BCUT2D eigenvalue weighted by atomic mass is 10.1. The van der Waals surface area contributed by atoms with E-state index in [2.05, 4.69) is 43.2 Å². The van der Waals surface area contributed by atoms with Crippen LogP contribution in [0.5, 0.6) is 0 Å². The molecule has 0 unspecified atom stereocenters. The number of carbonyl (C=O) groups is 1. The first-order chi connectivity index (χ1) is 11.5. The Balaban J connectivity index is 1.82. The van der Waals surface area contributed by atoms with E-state index >= 15 is 0 Å². The zero-order valence-electron chi connectivity index (χ0n) is 14.7. The number of carbonyl (C=O) groups excluding carboxylic acids is 1. The van der Waals surface area contributed by atoms with Crippen LogP contribution < -0.4 is 5.32 Å². The van der Waals surface area contributed by atoms with Gasteiger partial charge in [0, 0.05) is 5.69 Å². The van der Waals surface area contributed by atoms with Gasteiger partial charge in [0.25, 0.3) is 0 Å². The van der Waals surface area contributed by atoms with Crippen LogP contribution in [0, 0.1) is 20.8 Å². The van der Waals surface area contributed by atoms with Crippen LogP contribution in [0.1, 0.15) is 29.4 Å². The molecule has 0 spiro atoms. The first kappa shape index (κ1) is 16.2. The number of imidazole rings is 1. The van der Waals surface area contributed by atoms with E-state index in [0.717, 1.165) is 29.0 Å². The number of aromatic nitrogens is 2. The Bertz CT molecular complexity index is 891. The van der Waals surface area contributed by atoms with Gasteiger partial charge >= 0.3 is 0 Å². The lowest BCUT2D eigenvalue weighted by Gasteiger charge is -2.09. The van der Waals surface area contributed by atoms with Crippen LogP contribution in [0.15, 0.2) is 36.4 Å². The van der Waals surface area contributed by atoms with Gasteiger partial charge in [-0.25, -0.2) is 4.98 Å². The van der Waals surface area contributed by atoms with Gasteiger partial charge < -0.3 is 9.88 Å². The van der Waals surface area contributed by atoms with Crippen molar-refractivity contribution in [3.05, 3.63) is 58.9 Å². The fourth-order valence-corrected chi connectivity index (χ4v) is 2.87. The first-order valence-electron chi connectivity index (χ1n) is 8.31. The van der Waals surface area contributed by atoms with Crippen molar-refractivity contribution in [2.75, 3.05) is 5.32 Å². The number of anilines is 1. The highest BCUT2D eigenvalue weighted by molar-refractivity contribution is 5.91. The molecule has 4 heteroatoms. The van der Waals surface area contributed by atoms with Gasteiger partial charge in [-0.15, -0.1) is 0 Å². The molecule has 2 aromatic carbocycles. The van der Waals surface area contributed by atoms with Crippen LogP contribution in [-0.4, -0.2) is 15.5 Å². The van der Waals surface area contributed by atoms with Gasteiger partial charge in [-0.1, -0.05) is 19.1 Å². The Hall–Kier alpha value is -2.62. The van der Waals surface area contributed by atoms with Crippen LogP contribution in [-0.2, 0) is 17.8 Å². The normalized spacial score (nSPS) is 11.0. The largest absolute Gasteiger partial charge is 0.325 e. The minimum atomic E-state index is -0.0418. The third-order valence-electron chi connectivity index (χ3n) is 4.50. The molecule has 1 amide bonds. The molecule has 1 aromatic heterocycles. The van der Waals surface area contributed by atoms with Crippen molar-refractivity contribution >= 4 is 22.6 Å². The molecule has 0 aliphatic rings. The Morgan fingerprint density at radius 2 is 1.75 bits per heavy atom. The molecule has 1 N–H and O–H groups in total. The average Bonchev–Trinajstić information content (AvgIpc) is 2.84. The molecule has 1 heterocycles. The molecule has 124 valence electrons. The molecule has 0 saturated heterocycles. The van der Waals surface area contributed by atoms with Crippen molar-refractivity contribution in [2.45, 2.75) is 40.7 Å². The van der Waals surface area contributed by atoms with E-state index in [1.165, 1.54) is 16.7 Å². The molecule has 3 rings (SSSR count). The zero-order valence-corrected chi connectivity index (χ0v) is 14.7. The molecule has 0 aliphatic carbocycles. The van der Waals surface area contributed by atoms with Gasteiger partial charge in [0.2, 0.25) is 5.91 Å². The maximum atomic E-state index is 12.4. The fraction of sp³-hybridized carbons (Fsp3) is 0.300. The second-order valence-electron chi connectivity index (χ2n) is 6.27. The Morgan fingerprint density at radius 1 is 1.08 bits per heavy atom. The molecule has 0 fully saturated rings. The maximum Gasteiger partial charge on any atom is 0.244 e. The standard InChI is InChI=1S/C20H23N3O/c1-5-16-6-8-17(9-7-16)22-20(24)12-23-15(4)21-18-10-13(2)14(3)11-19(18)23/h6-11H,5,12H2,1-4H3,(H,22,24). The van der Waals surface area contributed by atoms with Crippen molar-refractivity contribution in [1.82, 2.24) is 9.55 Å². The van der Waals surface area contributed by atoms with Crippen LogP contribution in [0.2, 0.25) is 0 Å². The van der Waals surface area contributed by atoms with E-state index in [4.69, 9.17) is 0 Å². The molecule has 24 heavy (non-hydrogen) atoms. The molecule has 4 nitrogen and oxygen atoms in total. The summed E-state index contributed by atoms with van der Waals surface area (Å²) in [6, 6.07) is 12.2. The van der Waals surface area contributed by atoms with Crippen LogP contribution in [0.4, 0.5) is 5.69 Å². The SMILES string of the molecule is CCc1ccc(NC(=O)Cn2c(C)nc3cc(C)c(C)cc32)cc1. The quantitative estimate of drug-likeness (QED) is 0.784. The highest BCUT2D eigenvalue weighted by Crippen LogP contribution is 2.21. The number of nitrogens with zero attached hydrogens (tertiary/aromatic N) is 2. The van der Waals surface area contributed by atoms with Crippen molar-refractivity contribution in [2.24, 2.45) is 0 Å². The lowest BCUT2D eigenvalue weighted by Crippen LogP contribution is -2.19. The summed E-state index contributed by atoms with van der Waals surface area (Å²) >= 11 is 0. The summed E-state index contributed by atoms with van der Waals surface area (Å²) in [7, 11) is 0. The van der Waals surface area contributed by atoms with Gasteiger partial charge in [0.15, 0.2) is 0 Å². The number of hydrogen-bond donors (Lipinski definition) is 1. The van der Waals surface area contributed by atoms with E-state index < -0.39 is 0 Å². The van der Waals surface area contributed by atoms with Crippen molar-refractivity contribution in [3.63, 3.8) is 0 Å². The minimum Gasteiger partial charge on any atom is -0.325 e. The van der Waals surface area contributed by atoms with Crippen molar-refractivity contribution in [1.29, 1.82) is 0 Å². The summed E-state index contributed by atoms with van der Waals surface area (Å²) in [5.41, 5.74) is 6.45. The third-order valence-corrected chi connectivity index (χ3v) is 4.50. The number of nitrogens with one attached hydrogen (secondary N) is 1. The zero-order chi connectivity index (χ0) is 17.3. The summed E-state index contributed by atoms with van der Waals surface area (Å²) in [5, 5.41) is 2.96. The smallest absolute Gasteiger partial charge is 0.244 e. The van der Waals surface area contributed by atoms with Crippen LogP contribution in [0.25, 0.3) is 11.0 Å². The molecule has 0 aliphatic heterocycles. The number of hydrogen-bond acceptors (Lipinski definition) is 2. The summed E-state index contributed by atoms with van der Waals surface area (Å²) in [6.07, 6.45) is 0.993. The first-order valence-corrected chi connectivity index (χ1v) is 8.31. The Labute approximate surface area is 142 Å². The molecular weight excluding hydrogens is 298 g/mol. The second kappa shape index (κ2) is 6.48. The van der Waals surface area contributed by atoms with E-state index in [1.54, 1.807) is 0 Å². The molecule has 3 aromatic rings. The Morgan fingerprint density at radius 3 is 2.42 bits per heavy atom. The van der Waals surface area contributed by atoms with E-state index in [9.17, 15) is 4.79 Å². The lowest BCUT2D eigenvalue weighted by molar-refractivity contribution is -0.116. The highest BCUT2D eigenvalue weighted by atomic mass is 16.1. The van der Waals surface area contributed by atoms with Gasteiger partial charge in [-0.2, -0.15) is 0 Å². The average molecular weight is 321 g/mol. The van der Waals surface area contributed by atoms with Gasteiger partial charge in [0.1, 0.15) is 12.4 Å². The maximum absolute atomic E-state index is 12.4. The van der Waals surface area contributed by atoms with E-state index in [0.29, 0.717) is 0 Å². The monoisotopic (exact) mass is 321 g/mol. The van der Waals surface area contributed by atoms with E-state index in [1.807, 2.05) is 35.8 Å². The fourth-order valence-electron chi connectivity index (χ4n) is 2.87. The van der Waals surface area contributed by atoms with E-state index in [-0.39, 0.29) is 12.5 Å². The molecule has 0 atom stereocenters. The number of benzene rings is 2. The molecule has 0 saturated carbocycles. The number of fused-ring (bicyclic) bond motifs is 1. The minimum absolute atomic E-state index is 0.0418. The Kier molecular flexibility index (Phi) is 4.38. The summed E-state index contributed by atoms with van der Waals surface area (Å²) < 4.78 is 1.97. The van der Waals surface area contributed by atoms with Crippen molar-refractivity contribution in [3.8, 4) is 0 Å². The number of amides is 1. The predicted octanol–water partition coefficient (Wildman–Crippen LogP) is 4.16. The predicted molar refractivity (Wildman–Crippen MR) is 98.4 cm³/mol. The van der Waals surface area contributed by atoms with Crippen molar-refractivity contribution < 1.29 is 4.79 Å². The van der Waals surface area contributed by atoms with Crippen LogP contribution >= 0.6 is 0 Å². The highest BCUT2D eigenvalue weighted by Gasteiger charge is 2.12. The van der Waals surface area contributed by atoms with Gasteiger partial charge in [-0.05, 0) is 68.1 Å². The topological polar surface area (TPSA) is 46.9 Å². The summed E-state index contributed by atoms with van der Waals surface area (Å²) in [5.74, 6) is 0.811. The third kappa shape index (κ3) is 3.18. The molecular formula is C20H23N3O. The summed E-state index contributed by atoms with van der Waals surface area (Å²) in [4.78, 5) is 17.0. The van der Waals surface area contributed by atoms with Gasteiger partial charge in [-0.3, -0.25) is 4.79 Å². The summed E-state index contributed by atoms with van der Waals surface area (Å²) in [6.45, 7) is 8.48. The van der Waals surface area contributed by atoms with Crippen LogP contribution in [0.3, 0.4) is 0 Å². The molecule has 0 bridgehead atoms. The van der Waals surface area contributed by atoms with Gasteiger partial charge in [0.05, 0.1) is 11.0 Å². The number of rotatable bonds is 4.